The van der Waals surface area contributed by atoms with E-state index in [9.17, 15) is 18.3 Å². The van der Waals surface area contributed by atoms with Crippen LogP contribution in [0.3, 0.4) is 0 Å². The van der Waals surface area contributed by atoms with Gasteiger partial charge in [0.1, 0.15) is 5.82 Å². The summed E-state index contributed by atoms with van der Waals surface area (Å²) < 4.78 is 41.3. The van der Waals surface area contributed by atoms with Crippen molar-refractivity contribution in [3.05, 3.63) is 95.8 Å². The summed E-state index contributed by atoms with van der Waals surface area (Å²) in [7, 11) is 0. The number of halogens is 3. The molecule has 1 saturated heterocycles. The Bertz CT molecular complexity index is 999. The molecule has 0 bridgehead atoms. The van der Waals surface area contributed by atoms with E-state index in [-0.39, 0.29) is 11.7 Å². The van der Waals surface area contributed by atoms with Crippen molar-refractivity contribution in [1.29, 1.82) is 0 Å². The van der Waals surface area contributed by atoms with E-state index in [2.05, 4.69) is 5.32 Å². The average molecular weight is 412 g/mol. The highest BCUT2D eigenvalue weighted by molar-refractivity contribution is 5.49. The molecule has 1 fully saturated rings. The third kappa shape index (κ3) is 4.44. The summed E-state index contributed by atoms with van der Waals surface area (Å²) >= 11 is 0. The summed E-state index contributed by atoms with van der Waals surface area (Å²) in [4.78, 5) is 2.01. The van der Waals surface area contributed by atoms with Crippen LogP contribution in [0.4, 0.5) is 24.5 Å². The lowest BCUT2D eigenvalue weighted by Gasteiger charge is -2.42. The molecule has 1 aliphatic heterocycles. The van der Waals surface area contributed by atoms with Gasteiger partial charge in [0.15, 0.2) is 11.6 Å². The van der Waals surface area contributed by atoms with E-state index in [0.29, 0.717) is 25.1 Å². The number of hydrogen-bond acceptors (Lipinski definition) is 3. The van der Waals surface area contributed by atoms with Crippen LogP contribution >= 0.6 is 0 Å². The molecule has 3 aromatic rings. The predicted octanol–water partition coefficient (Wildman–Crippen LogP) is 5.14. The molecule has 0 aliphatic carbocycles. The maximum atomic E-state index is 14.0. The fourth-order valence-corrected chi connectivity index (χ4v) is 4.06. The number of benzene rings is 3. The Morgan fingerprint density at radius 1 is 0.900 bits per heavy atom. The zero-order chi connectivity index (χ0) is 21.1. The van der Waals surface area contributed by atoms with Crippen LogP contribution in [-0.4, -0.2) is 24.3 Å². The second kappa shape index (κ2) is 8.79. The van der Waals surface area contributed by atoms with E-state index in [1.165, 1.54) is 24.3 Å². The van der Waals surface area contributed by atoms with Crippen LogP contribution in [0.25, 0.3) is 0 Å². The van der Waals surface area contributed by atoms with Gasteiger partial charge in [0.2, 0.25) is 0 Å². The molecule has 4 rings (SSSR count). The van der Waals surface area contributed by atoms with Gasteiger partial charge in [-0.25, -0.2) is 13.2 Å². The topological polar surface area (TPSA) is 35.5 Å². The zero-order valence-electron chi connectivity index (χ0n) is 16.3. The van der Waals surface area contributed by atoms with E-state index >= 15 is 0 Å². The summed E-state index contributed by atoms with van der Waals surface area (Å²) in [5, 5.41) is 14.2. The Morgan fingerprint density at radius 3 is 2.43 bits per heavy atom. The lowest BCUT2D eigenvalue weighted by atomic mass is 9.83. The Hall–Kier alpha value is -2.99. The molecular weight excluding hydrogens is 389 g/mol. The highest BCUT2D eigenvalue weighted by atomic mass is 19.2. The van der Waals surface area contributed by atoms with Crippen molar-refractivity contribution < 1.29 is 18.3 Å². The quantitative estimate of drug-likeness (QED) is 0.609. The van der Waals surface area contributed by atoms with Crippen molar-refractivity contribution in [1.82, 2.24) is 0 Å². The fraction of sp³-hybridized carbons (Fsp3) is 0.250. The monoisotopic (exact) mass is 412 g/mol. The molecule has 0 radical (unpaired) electrons. The van der Waals surface area contributed by atoms with Gasteiger partial charge in [-0.2, -0.15) is 0 Å². The molecular formula is C24H23F3N2O. The molecule has 3 atom stereocenters. The third-order valence-corrected chi connectivity index (χ3v) is 5.62. The molecule has 1 aliphatic rings. The average Bonchev–Trinajstić information content (AvgIpc) is 2.75. The van der Waals surface area contributed by atoms with Crippen molar-refractivity contribution in [3.63, 3.8) is 0 Å². The van der Waals surface area contributed by atoms with E-state index in [0.717, 1.165) is 17.4 Å². The molecule has 0 amide bonds. The first-order chi connectivity index (χ1) is 14.5. The molecule has 0 aromatic heterocycles. The number of anilines is 2. The van der Waals surface area contributed by atoms with Crippen molar-refractivity contribution in [3.8, 4) is 0 Å². The number of piperidine rings is 1. The van der Waals surface area contributed by atoms with Crippen LogP contribution in [0, 0.1) is 23.4 Å². The molecule has 0 unspecified atom stereocenters. The minimum absolute atomic E-state index is 0.324. The van der Waals surface area contributed by atoms with Gasteiger partial charge in [0.05, 0.1) is 12.1 Å². The highest BCUT2D eigenvalue weighted by Gasteiger charge is 2.35. The number of aliphatic hydroxyl groups is 1. The number of rotatable bonds is 5. The van der Waals surface area contributed by atoms with Gasteiger partial charge in [-0.15, -0.1) is 0 Å². The van der Waals surface area contributed by atoms with E-state index in [1.807, 2.05) is 41.3 Å². The molecule has 0 saturated carbocycles. The largest absolute Gasteiger partial charge is 0.393 e. The second-order valence-electron chi connectivity index (χ2n) is 7.61. The lowest BCUT2D eigenvalue weighted by molar-refractivity contribution is 0.0775. The number of nitrogens with one attached hydrogen (secondary N) is 1. The minimum atomic E-state index is -0.931. The fourth-order valence-electron chi connectivity index (χ4n) is 4.06. The molecule has 3 aromatic carbocycles. The summed E-state index contributed by atoms with van der Waals surface area (Å²) in [6, 6.07) is 19.1. The maximum Gasteiger partial charge on any atom is 0.159 e. The molecule has 2 N–H and O–H groups in total. The second-order valence-corrected chi connectivity index (χ2v) is 7.61. The van der Waals surface area contributed by atoms with E-state index < -0.39 is 23.8 Å². The van der Waals surface area contributed by atoms with Crippen molar-refractivity contribution >= 4 is 11.4 Å². The van der Waals surface area contributed by atoms with E-state index in [1.54, 1.807) is 6.07 Å². The van der Waals surface area contributed by atoms with Crippen molar-refractivity contribution in [2.75, 3.05) is 23.3 Å². The molecule has 30 heavy (non-hydrogen) atoms. The first-order valence-corrected chi connectivity index (χ1v) is 9.96. The Labute approximate surface area is 173 Å². The SMILES string of the molecule is O[C@@H]1CCN(c2cccc(F)c2)C[C@H]1[C@H](Nc1ccccc1)c1ccc(F)c(F)c1. The van der Waals surface area contributed by atoms with Gasteiger partial charge in [-0.3, -0.25) is 0 Å². The smallest absolute Gasteiger partial charge is 0.159 e. The van der Waals surface area contributed by atoms with Gasteiger partial charge < -0.3 is 15.3 Å². The molecule has 1 heterocycles. The van der Waals surface area contributed by atoms with Gasteiger partial charge in [-0.1, -0.05) is 30.3 Å². The third-order valence-electron chi connectivity index (χ3n) is 5.62. The zero-order valence-corrected chi connectivity index (χ0v) is 16.3. The lowest BCUT2D eigenvalue weighted by Crippen LogP contribution is -2.47. The highest BCUT2D eigenvalue weighted by Crippen LogP contribution is 2.35. The molecule has 156 valence electrons. The first kappa shape index (κ1) is 20.3. The first-order valence-electron chi connectivity index (χ1n) is 9.96. The minimum Gasteiger partial charge on any atom is -0.393 e. The van der Waals surface area contributed by atoms with Crippen LogP contribution in [-0.2, 0) is 0 Å². The van der Waals surface area contributed by atoms with Crippen molar-refractivity contribution in [2.45, 2.75) is 18.6 Å². The molecule has 0 spiro atoms. The predicted molar refractivity (Wildman–Crippen MR) is 112 cm³/mol. The number of nitrogens with zero attached hydrogens (tertiary/aromatic N) is 1. The van der Waals surface area contributed by atoms with Crippen LogP contribution in [0.2, 0.25) is 0 Å². The summed E-state index contributed by atoms with van der Waals surface area (Å²) in [5.74, 6) is -2.50. The number of hydrogen-bond donors (Lipinski definition) is 2. The normalized spacial score (nSPS) is 20.1. The standard InChI is InChI=1S/C24H23F3N2O/c25-17-5-4-8-19(14-17)29-12-11-23(30)20(15-29)24(28-18-6-2-1-3-7-18)16-9-10-21(26)22(27)13-16/h1-10,13-14,20,23-24,28,30H,11-12,15H2/t20-,23-,24-/m1/s1. The summed E-state index contributed by atoms with van der Waals surface area (Å²) in [6.45, 7) is 1.02. The van der Waals surface area contributed by atoms with Crippen LogP contribution < -0.4 is 10.2 Å². The Morgan fingerprint density at radius 2 is 1.70 bits per heavy atom. The van der Waals surface area contributed by atoms with Crippen LogP contribution in [0.15, 0.2) is 72.8 Å². The number of para-hydroxylation sites is 1. The van der Waals surface area contributed by atoms with Gasteiger partial charge in [-0.05, 0) is 54.4 Å². The number of aliphatic hydroxyl groups excluding tert-OH is 1. The maximum absolute atomic E-state index is 14.0. The van der Waals surface area contributed by atoms with Gasteiger partial charge in [0.25, 0.3) is 0 Å². The van der Waals surface area contributed by atoms with Gasteiger partial charge in [0, 0.05) is 30.4 Å². The van der Waals surface area contributed by atoms with E-state index in [4.69, 9.17) is 0 Å². The van der Waals surface area contributed by atoms with Crippen LogP contribution in [0.1, 0.15) is 18.0 Å². The van der Waals surface area contributed by atoms with Crippen molar-refractivity contribution in [2.24, 2.45) is 5.92 Å². The Kier molecular flexibility index (Phi) is 5.95. The molecule has 6 heteroatoms. The van der Waals surface area contributed by atoms with Gasteiger partial charge >= 0.3 is 0 Å². The Balaban J connectivity index is 1.67. The molecule has 3 nitrogen and oxygen atoms in total. The summed E-state index contributed by atoms with van der Waals surface area (Å²) in [5.41, 5.74) is 2.08. The van der Waals surface area contributed by atoms with Crippen LogP contribution in [0.5, 0.6) is 0 Å². The summed E-state index contributed by atoms with van der Waals surface area (Å²) in [6.07, 6.45) is -0.165.